The van der Waals surface area contributed by atoms with Gasteiger partial charge in [-0.05, 0) is 37.0 Å². The van der Waals surface area contributed by atoms with Crippen molar-refractivity contribution in [2.75, 3.05) is 18.1 Å². The highest BCUT2D eigenvalue weighted by Crippen LogP contribution is 2.47. The van der Waals surface area contributed by atoms with Crippen LogP contribution in [0.2, 0.25) is 0 Å². The van der Waals surface area contributed by atoms with Gasteiger partial charge in [0.1, 0.15) is 5.82 Å². The highest BCUT2D eigenvalue weighted by Gasteiger charge is 2.44. The zero-order chi connectivity index (χ0) is 15.8. The average Bonchev–Trinajstić information content (AvgIpc) is 3.17. The third-order valence-electron chi connectivity index (χ3n) is 4.47. The molecule has 120 valence electrons. The Hall–Kier alpha value is -1.63. The van der Waals surface area contributed by atoms with E-state index >= 15 is 0 Å². The standard InChI is InChI=1S/C15H19FN2O3S/c16-12-3-1-11(2-4-12)15(6-7-15)10-17-14(19)18-13-5-8-22(20,21)9-13/h1-4,13H,5-10H2,(H2,17,18,19). The molecular formula is C15H19FN2O3S. The van der Waals surface area contributed by atoms with Crippen molar-refractivity contribution in [3.05, 3.63) is 35.6 Å². The molecule has 1 aromatic carbocycles. The molecule has 1 unspecified atom stereocenters. The number of sulfone groups is 1. The predicted molar refractivity (Wildman–Crippen MR) is 80.9 cm³/mol. The molecule has 2 N–H and O–H groups in total. The topological polar surface area (TPSA) is 75.3 Å². The lowest BCUT2D eigenvalue weighted by molar-refractivity contribution is 0.237. The van der Waals surface area contributed by atoms with Crippen molar-refractivity contribution in [2.45, 2.75) is 30.7 Å². The number of carbonyl (C=O) groups is 1. The average molecular weight is 326 g/mol. The molecule has 2 aliphatic rings. The minimum atomic E-state index is -3.00. The number of nitrogens with one attached hydrogen (secondary N) is 2. The Bertz CT molecular complexity index is 669. The minimum Gasteiger partial charge on any atom is -0.337 e. The van der Waals surface area contributed by atoms with Crippen LogP contribution in [0.1, 0.15) is 24.8 Å². The van der Waals surface area contributed by atoms with E-state index in [1.54, 1.807) is 12.1 Å². The molecule has 0 aromatic heterocycles. The molecule has 1 saturated heterocycles. The van der Waals surface area contributed by atoms with Crippen LogP contribution in [0.25, 0.3) is 0 Å². The Kier molecular flexibility index (Phi) is 3.84. The smallest absolute Gasteiger partial charge is 0.315 e. The lowest BCUT2D eigenvalue weighted by atomic mass is 9.96. The molecule has 2 amide bonds. The van der Waals surface area contributed by atoms with Gasteiger partial charge in [-0.1, -0.05) is 12.1 Å². The van der Waals surface area contributed by atoms with E-state index in [1.807, 2.05) is 0 Å². The Morgan fingerprint density at radius 1 is 1.27 bits per heavy atom. The molecule has 1 aliphatic heterocycles. The highest BCUT2D eigenvalue weighted by atomic mass is 32.2. The van der Waals surface area contributed by atoms with Gasteiger partial charge in [-0.15, -0.1) is 0 Å². The van der Waals surface area contributed by atoms with Crippen molar-refractivity contribution in [1.82, 2.24) is 10.6 Å². The maximum absolute atomic E-state index is 13.0. The summed E-state index contributed by atoms with van der Waals surface area (Å²) in [5.41, 5.74) is 0.921. The van der Waals surface area contributed by atoms with Gasteiger partial charge in [-0.25, -0.2) is 17.6 Å². The quantitative estimate of drug-likeness (QED) is 0.877. The van der Waals surface area contributed by atoms with Crippen molar-refractivity contribution in [1.29, 1.82) is 0 Å². The normalized spacial score (nSPS) is 24.7. The molecule has 5 nitrogen and oxygen atoms in total. The van der Waals surface area contributed by atoms with Gasteiger partial charge in [-0.2, -0.15) is 0 Å². The first-order valence-electron chi connectivity index (χ1n) is 7.39. The summed E-state index contributed by atoms with van der Waals surface area (Å²) in [6, 6.07) is 5.73. The van der Waals surface area contributed by atoms with E-state index in [0.717, 1.165) is 18.4 Å². The zero-order valence-electron chi connectivity index (χ0n) is 12.1. The van der Waals surface area contributed by atoms with E-state index in [-0.39, 0.29) is 34.8 Å². The first-order chi connectivity index (χ1) is 10.4. The number of amides is 2. The van der Waals surface area contributed by atoms with Crippen molar-refractivity contribution in [3.8, 4) is 0 Å². The van der Waals surface area contributed by atoms with Gasteiger partial charge < -0.3 is 10.6 Å². The van der Waals surface area contributed by atoms with E-state index in [2.05, 4.69) is 10.6 Å². The Labute approximate surface area is 129 Å². The maximum Gasteiger partial charge on any atom is 0.315 e. The molecule has 1 aromatic rings. The highest BCUT2D eigenvalue weighted by molar-refractivity contribution is 7.91. The summed E-state index contributed by atoms with van der Waals surface area (Å²) in [6.45, 7) is 0.476. The van der Waals surface area contributed by atoms with Gasteiger partial charge in [-0.3, -0.25) is 0 Å². The fourth-order valence-electron chi connectivity index (χ4n) is 2.92. The second-order valence-electron chi connectivity index (χ2n) is 6.21. The summed E-state index contributed by atoms with van der Waals surface area (Å²) in [6.07, 6.45) is 2.38. The van der Waals surface area contributed by atoms with Gasteiger partial charge in [0.15, 0.2) is 9.84 Å². The molecule has 0 spiro atoms. The van der Waals surface area contributed by atoms with Crippen molar-refractivity contribution in [2.24, 2.45) is 0 Å². The third-order valence-corrected chi connectivity index (χ3v) is 6.23. The van der Waals surface area contributed by atoms with Crippen LogP contribution in [-0.4, -0.2) is 38.5 Å². The molecule has 7 heteroatoms. The molecule has 1 atom stereocenters. The number of hydrogen-bond donors (Lipinski definition) is 2. The summed E-state index contributed by atoms with van der Waals surface area (Å²) in [5, 5.41) is 5.52. The van der Waals surface area contributed by atoms with E-state index in [0.29, 0.717) is 13.0 Å². The fraction of sp³-hybridized carbons (Fsp3) is 0.533. The zero-order valence-corrected chi connectivity index (χ0v) is 13.0. The van der Waals surface area contributed by atoms with Crippen molar-refractivity contribution >= 4 is 15.9 Å². The summed E-state index contributed by atoms with van der Waals surface area (Å²) in [4.78, 5) is 11.9. The maximum atomic E-state index is 13.0. The number of rotatable bonds is 4. The van der Waals surface area contributed by atoms with Gasteiger partial charge in [0.25, 0.3) is 0 Å². The lowest BCUT2D eigenvalue weighted by Crippen LogP contribution is -2.45. The monoisotopic (exact) mass is 326 g/mol. The van der Waals surface area contributed by atoms with Crippen LogP contribution >= 0.6 is 0 Å². The van der Waals surface area contributed by atoms with Gasteiger partial charge >= 0.3 is 6.03 Å². The molecule has 0 radical (unpaired) electrons. The molecule has 1 aliphatic carbocycles. The van der Waals surface area contributed by atoms with Crippen LogP contribution in [-0.2, 0) is 15.3 Å². The van der Waals surface area contributed by atoms with E-state index in [4.69, 9.17) is 0 Å². The SMILES string of the molecule is O=C(NCC1(c2ccc(F)cc2)CC1)NC1CCS(=O)(=O)C1. The summed E-state index contributed by atoms with van der Waals surface area (Å²) < 4.78 is 35.7. The van der Waals surface area contributed by atoms with Crippen LogP contribution < -0.4 is 10.6 Å². The van der Waals surface area contributed by atoms with Gasteiger partial charge in [0.2, 0.25) is 0 Å². The molecule has 1 heterocycles. The van der Waals surface area contributed by atoms with Crippen LogP contribution in [0.5, 0.6) is 0 Å². The predicted octanol–water partition coefficient (Wildman–Crippen LogP) is 1.34. The summed E-state index contributed by atoms with van der Waals surface area (Å²) in [7, 11) is -3.00. The van der Waals surface area contributed by atoms with E-state index in [1.165, 1.54) is 12.1 Å². The van der Waals surface area contributed by atoms with Crippen LogP contribution in [0.3, 0.4) is 0 Å². The largest absolute Gasteiger partial charge is 0.337 e. The first kappa shape index (κ1) is 15.3. The lowest BCUT2D eigenvalue weighted by Gasteiger charge is -2.18. The molecule has 1 saturated carbocycles. The third kappa shape index (κ3) is 3.40. The minimum absolute atomic E-state index is 0.0174. The number of halogens is 1. The van der Waals surface area contributed by atoms with Crippen molar-refractivity contribution < 1.29 is 17.6 Å². The molecule has 0 bridgehead atoms. The first-order valence-corrected chi connectivity index (χ1v) is 9.22. The Morgan fingerprint density at radius 2 is 1.95 bits per heavy atom. The molecule has 22 heavy (non-hydrogen) atoms. The molecule has 2 fully saturated rings. The van der Waals surface area contributed by atoms with Crippen LogP contribution in [0.4, 0.5) is 9.18 Å². The second-order valence-corrected chi connectivity index (χ2v) is 8.44. The van der Waals surface area contributed by atoms with Crippen LogP contribution in [0.15, 0.2) is 24.3 Å². The van der Waals surface area contributed by atoms with Gasteiger partial charge in [0.05, 0.1) is 11.5 Å². The molecule has 3 rings (SSSR count). The molecular weight excluding hydrogens is 307 g/mol. The Morgan fingerprint density at radius 3 is 2.50 bits per heavy atom. The summed E-state index contributed by atoms with van der Waals surface area (Å²) in [5.74, 6) is -0.117. The van der Waals surface area contributed by atoms with E-state index in [9.17, 15) is 17.6 Å². The number of benzene rings is 1. The van der Waals surface area contributed by atoms with Crippen LogP contribution in [0, 0.1) is 5.82 Å². The number of hydrogen-bond acceptors (Lipinski definition) is 3. The number of carbonyl (C=O) groups excluding carboxylic acids is 1. The summed E-state index contributed by atoms with van der Waals surface area (Å²) >= 11 is 0. The van der Waals surface area contributed by atoms with E-state index < -0.39 is 9.84 Å². The fourth-order valence-corrected chi connectivity index (χ4v) is 4.59. The van der Waals surface area contributed by atoms with Gasteiger partial charge in [0, 0.05) is 18.0 Å². The van der Waals surface area contributed by atoms with Crippen molar-refractivity contribution in [3.63, 3.8) is 0 Å². The second kappa shape index (κ2) is 5.53. The Balaban J connectivity index is 1.52. The number of urea groups is 1.